The zero-order chi connectivity index (χ0) is 21.6. The minimum absolute atomic E-state index is 0.00383. The number of aliphatic carboxylic acids is 1. The lowest BCUT2D eigenvalue weighted by molar-refractivity contribution is -0.387. The first-order chi connectivity index (χ1) is 14.3. The topological polar surface area (TPSA) is 130 Å². The van der Waals surface area contributed by atoms with Crippen LogP contribution in [0.3, 0.4) is 0 Å². The van der Waals surface area contributed by atoms with Crippen LogP contribution in [0.5, 0.6) is 0 Å². The smallest absolute Gasteiger partial charge is 0.337 e. The fraction of sp³-hybridized carbons (Fsp3) is 0.300. The molecular weight excluding hydrogens is 432 g/mol. The molecule has 10 heteroatoms. The van der Waals surface area contributed by atoms with Gasteiger partial charge in [-0.3, -0.25) is 10.1 Å². The summed E-state index contributed by atoms with van der Waals surface area (Å²) in [4.78, 5) is 35.0. The van der Waals surface area contributed by atoms with E-state index in [1.807, 2.05) is 0 Å². The average Bonchev–Trinajstić information content (AvgIpc) is 3.03. The van der Waals surface area contributed by atoms with E-state index in [2.05, 4.69) is 5.32 Å². The third-order valence-electron chi connectivity index (χ3n) is 5.68. The maximum atomic E-state index is 12.0. The number of thioether (sulfide) groups is 1. The van der Waals surface area contributed by atoms with E-state index in [1.54, 1.807) is 30.3 Å². The van der Waals surface area contributed by atoms with Crippen LogP contribution in [-0.4, -0.2) is 43.7 Å². The number of carboxylic acid groups (broad SMARTS) is 2. The van der Waals surface area contributed by atoms with Gasteiger partial charge in [-0.25, -0.2) is 9.59 Å². The van der Waals surface area contributed by atoms with Crippen molar-refractivity contribution in [2.45, 2.75) is 33.9 Å². The monoisotopic (exact) mass is 448 g/mol. The van der Waals surface area contributed by atoms with Gasteiger partial charge in [0, 0.05) is 17.2 Å². The minimum atomic E-state index is -1.16. The average molecular weight is 449 g/mol. The van der Waals surface area contributed by atoms with Gasteiger partial charge in [0.2, 0.25) is 0 Å². The predicted molar refractivity (Wildman–Crippen MR) is 112 cm³/mol. The van der Waals surface area contributed by atoms with Gasteiger partial charge < -0.3 is 15.5 Å². The number of hydrogen-bond acceptors (Lipinski definition) is 6. The fourth-order valence-corrected chi connectivity index (χ4v) is 6.38. The molecule has 30 heavy (non-hydrogen) atoms. The number of nitrogens with zero attached hydrogens (tertiary/aromatic N) is 1. The Morgan fingerprint density at radius 1 is 1.17 bits per heavy atom. The van der Waals surface area contributed by atoms with Crippen LogP contribution < -0.4 is 5.32 Å². The van der Waals surface area contributed by atoms with Crippen molar-refractivity contribution in [3.63, 3.8) is 0 Å². The van der Waals surface area contributed by atoms with Crippen molar-refractivity contribution in [2.75, 3.05) is 5.32 Å². The minimum Gasteiger partial charge on any atom is -0.480 e. The predicted octanol–water partition coefficient (Wildman–Crippen LogP) is 4.04. The van der Waals surface area contributed by atoms with Gasteiger partial charge in [0.05, 0.1) is 26.4 Å². The number of carbonyl (C=O) groups is 2. The molecule has 0 unspecified atom stereocenters. The number of carboxylic acids is 2. The third-order valence-corrected chi connectivity index (χ3v) is 7.80. The standard InChI is InChI=1S/C20H17ClN2O6S/c21-16-14(30-13-7-2-1-6-12(13)23(28)29)8-11-15(16)9-4-3-5-10(19(24)25)17(9)22-18(11)20(26)27/h1-7,11,14-16,18,22H,8H2,(H,24,25)(H,26,27)/t11-,14+,15+,16+,18-/m1/s1. The summed E-state index contributed by atoms with van der Waals surface area (Å²) in [6, 6.07) is 10.2. The number of hydrogen-bond donors (Lipinski definition) is 3. The second-order valence-corrected chi connectivity index (χ2v) is 9.07. The normalized spacial score (nSPS) is 26.9. The Kier molecular flexibility index (Phi) is 5.33. The number of aromatic carboxylic acids is 1. The zero-order valence-corrected chi connectivity index (χ0v) is 17.0. The van der Waals surface area contributed by atoms with Gasteiger partial charge in [0.25, 0.3) is 5.69 Å². The molecule has 156 valence electrons. The Balaban J connectivity index is 1.73. The van der Waals surface area contributed by atoms with Crippen LogP contribution >= 0.6 is 23.4 Å². The number of rotatable bonds is 5. The van der Waals surface area contributed by atoms with E-state index >= 15 is 0 Å². The van der Waals surface area contributed by atoms with Crippen LogP contribution in [0, 0.1) is 16.0 Å². The molecule has 4 rings (SSSR count). The van der Waals surface area contributed by atoms with E-state index in [-0.39, 0.29) is 34.0 Å². The van der Waals surface area contributed by atoms with Crippen molar-refractivity contribution < 1.29 is 24.7 Å². The third kappa shape index (κ3) is 3.37. The molecule has 0 bridgehead atoms. The Hall–Kier alpha value is -2.78. The van der Waals surface area contributed by atoms with Crippen LogP contribution in [0.15, 0.2) is 47.4 Å². The lowest BCUT2D eigenvalue weighted by atomic mass is 9.78. The van der Waals surface area contributed by atoms with Gasteiger partial charge in [-0.15, -0.1) is 23.4 Å². The summed E-state index contributed by atoms with van der Waals surface area (Å²) >= 11 is 8.07. The van der Waals surface area contributed by atoms with Crippen molar-refractivity contribution >= 4 is 46.7 Å². The van der Waals surface area contributed by atoms with Crippen molar-refractivity contribution in [2.24, 2.45) is 5.92 Å². The number of anilines is 1. The molecule has 5 atom stereocenters. The number of alkyl halides is 1. The number of nitro groups is 1. The molecule has 0 spiro atoms. The zero-order valence-electron chi connectivity index (χ0n) is 15.4. The van der Waals surface area contributed by atoms with Crippen LogP contribution in [0.4, 0.5) is 11.4 Å². The number of nitrogens with one attached hydrogen (secondary N) is 1. The molecule has 1 aliphatic carbocycles. The highest BCUT2D eigenvalue weighted by Crippen LogP contribution is 2.55. The molecule has 2 aromatic carbocycles. The molecule has 1 aliphatic heterocycles. The maximum absolute atomic E-state index is 12.0. The van der Waals surface area contributed by atoms with Crippen LogP contribution in [-0.2, 0) is 4.79 Å². The van der Waals surface area contributed by atoms with E-state index in [1.165, 1.54) is 23.9 Å². The Labute approximate surface area is 180 Å². The fourth-order valence-electron chi connectivity index (χ4n) is 4.44. The highest BCUT2D eigenvalue weighted by atomic mass is 35.5. The molecule has 8 nitrogen and oxygen atoms in total. The van der Waals surface area contributed by atoms with E-state index in [4.69, 9.17) is 11.6 Å². The van der Waals surface area contributed by atoms with Crippen molar-refractivity contribution in [1.29, 1.82) is 0 Å². The van der Waals surface area contributed by atoms with Gasteiger partial charge >= 0.3 is 11.9 Å². The van der Waals surface area contributed by atoms with E-state index in [9.17, 15) is 29.9 Å². The Bertz CT molecular complexity index is 1050. The second kappa shape index (κ2) is 7.81. The molecule has 2 aromatic rings. The molecule has 2 aliphatic rings. The summed E-state index contributed by atoms with van der Waals surface area (Å²) < 4.78 is 0. The van der Waals surface area contributed by atoms with E-state index in [0.717, 1.165) is 0 Å². The second-order valence-electron chi connectivity index (χ2n) is 7.29. The summed E-state index contributed by atoms with van der Waals surface area (Å²) in [6.07, 6.45) is 0.427. The van der Waals surface area contributed by atoms with Crippen LogP contribution in [0.1, 0.15) is 28.3 Å². The highest BCUT2D eigenvalue weighted by Gasteiger charge is 2.52. The summed E-state index contributed by atoms with van der Waals surface area (Å²) in [6.45, 7) is 0. The van der Waals surface area contributed by atoms with Gasteiger partial charge in [-0.05, 0) is 30.0 Å². The summed E-state index contributed by atoms with van der Waals surface area (Å²) in [7, 11) is 0. The number of para-hydroxylation sites is 2. The molecule has 1 fully saturated rings. The molecule has 0 radical (unpaired) electrons. The number of benzene rings is 2. The largest absolute Gasteiger partial charge is 0.480 e. The molecular formula is C20H17ClN2O6S. The number of fused-ring (bicyclic) bond motifs is 3. The van der Waals surface area contributed by atoms with Crippen molar-refractivity contribution in [3.05, 3.63) is 63.7 Å². The number of halogens is 1. The molecule has 0 amide bonds. The summed E-state index contributed by atoms with van der Waals surface area (Å²) in [5.74, 6) is -3.00. The van der Waals surface area contributed by atoms with Crippen LogP contribution in [0.25, 0.3) is 0 Å². The summed E-state index contributed by atoms with van der Waals surface area (Å²) in [5, 5.41) is 32.7. The van der Waals surface area contributed by atoms with Crippen LogP contribution in [0.2, 0.25) is 0 Å². The van der Waals surface area contributed by atoms with Crippen molar-refractivity contribution in [3.8, 4) is 0 Å². The first kappa shape index (κ1) is 20.5. The molecule has 3 N–H and O–H groups in total. The first-order valence-electron chi connectivity index (χ1n) is 9.19. The highest BCUT2D eigenvalue weighted by molar-refractivity contribution is 8.00. The number of nitro benzene ring substituents is 1. The molecule has 0 aromatic heterocycles. The quantitative estimate of drug-likeness (QED) is 0.355. The SMILES string of the molecule is O=C(O)c1cccc2c1N[C@@H](C(=O)O)[C@@H]1C[C@H](Sc3ccccc3[N+](=O)[O-])[C@H](Cl)[C@@H]21. The van der Waals surface area contributed by atoms with Gasteiger partial charge in [0.15, 0.2) is 0 Å². The lowest BCUT2D eigenvalue weighted by Gasteiger charge is -2.36. The Morgan fingerprint density at radius 3 is 2.57 bits per heavy atom. The van der Waals surface area contributed by atoms with Crippen molar-refractivity contribution in [1.82, 2.24) is 0 Å². The van der Waals surface area contributed by atoms with E-state index in [0.29, 0.717) is 16.9 Å². The Morgan fingerprint density at radius 2 is 1.90 bits per heavy atom. The van der Waals surface area contributed by atoms with Gasteiger partial charge in [-0.2, -0.15) is 0 Å². The van der Waals surface area contributed by atoms with E-state index < -0.39 is 28.3 Å². The molecule has 0 saturated heterocycles. The first-order valence-corrected chi connectivity index (χ1v) is 10.5. The lowest BCUT2D eigenvalue weighted by Crippen LogP contribution is -2.43. The van der Waals surface area contributed by atoms with Gasteiger partial charge in [-0.1, -0.05) is 24.3 Å². The molecule has 1 saturated carbocycles. The summed E-state index contributed by atoms with van der Waals surface area (Å²) in [5.41, 5.74) is 0.919. The van der Waals surface area contributed by atoms with Gasteiger partial charge in [0.1, 0.15) is 6.04 Å². The maximum Gasteiger partial charge on any atom is 0.337 e. The molecule has 1 heterocycles.